The van der Waals surface area contributed by atoms with E-state index >= 15 is 0 Å². The van der Waals surface area contributed by atoms with Crippen molar-refractivity contribution in [3.63, 3.8) is 0 Å². The largest absolute Gasteiger partial charge is 0.490 e. The molecule has 9 heteroatoms. The smallest absolute Gasteiger partial charge is 0.348 e. The van der Waals surface area contributed by atoms with E-state index in [1.54, 1.807) is 19.9 Å². The molecule has 1 aromatic carbocycles. The molecule has 1 amide bonds. The van der Waals surface area contributed by atoms with Crippen molar-refractivity contribution in [1.29, 1.82) is 0 Å². The first-order chi connectivity index (χ1) is 11.9. The Morgan fingerprint density at radius 2 is 2.04 bits per heavy atom. The van der Waals surface area contributed by atoms with Crippen LogP contribution in [0.3, 0.4) is 0 Å². The van der Waals surface area contributed by atoms with Gasteiger partial charge in [0.2, 0.25) is 0 Å². The van der Waals surface area contributed by atoms with Crippen LogP contribution in [0.4, 0.5) is 10.7 Å². The van der Waals surface area contributed by atoms with Gasteiger partial charge >= 0.3 is 11.7 Å². The Morgan fingerprint density at radius 3 is 2.64 bits per heavy atom. The van der Waals surface area contributed by atoms with E-state index in [4.69, 9.17) is 9.47 Å². The number of hydrogen-bond acceptors (Lipinski definition) is 7. The Kier molecular flexibility index (Phi) is 5.71. The van der Waals surface area contributed by atoms with Gasteiger partial charge in [-0.3, -0.25) is 14.9 Å². The number of hydrogen-bond donors (Lipinski definition) is 1. The van der Waals surface area contributed by atoms with Crippen LogP contribution in [0.15, 0.2) is 24.3 Å². The van der Waals surface area contributed by atoms with Crippen molar-refractivity contribution in [3.05, 3.63) is 50.4 Å². The average Bonchev–Trinajstić information content (AvgIpc) is 2.94. The topological polar surface area (TPSA) is 108 Å². The summed E-state index contributed by atoms with van der Waals surface area (Å²) in [6.45, 7) is 3.70. The van der Waals surface area contributed by atoms with Crippen LogP contribution in [0.25, 0.3) is 0 Å². The number of nitro groups is 1. The molecule has 0 spiro atoms. The number of ether oxygens (including phenoxy) is 2. The summed E-state index contributed by atoms with van der Waals surface area (Å²) in [4.78, 5) is 35.0. The molecule has 2 rings (SSSR count). The summed E-state index contributed by atoms with van der Waals surface area (Å²) in [5.74, 6) is -0.911. The highest BCUT2D eigenvalue weighted by Crippen LogP contribution is 2.30. The fraction of sp³-hybridized carbons (Fsp3) is 0.250. The third-order valence-corrected chi connectivity index (χ3v) is 4.39. The van der Waals surface area contributed by atoms with Crippen LogP contribution in [-0.4, -0.2) is 30.5 Å². The van der Waals surface area contributed by atoms with Crippen LogP contribution in [0, 0.1) is 17.0 Å². The predicted molar refractivity (Wildman–Crippen MR) is 92.6 cm³/mol. The summed E-state index contributed by atoms with van der Waals surface area (Å²) >= 11 is 1.08. The Balaban J connectivity index is 2.23. The standard InChI is InChI=1S/C16H16N2O6S/c1-4-24-16(20)14-9(2)7-13(25-14)17-15(19)10-5-6-12(23-3)11(8-10)18(21)22/h5-8H,4H2,1-3H3,(H,17,19). The molecule has 0 radical (unpaired) electrons. The van der Waals surface area contributed by atoms with Crippen molar-refractivity contribution >= 4 is 33.9 Å². The number of nitro benzene ring substituents is 1. The van der Waals surface area contributed by atoms with Gasteiger partial charge in [0.05, 0.1) is 23.6 Å². The molecule has 8 nitrogen and oxygen atoms in total. The molecule has 0 fully saturated rings. The van der Waals surface area contributed by atoms with Crippen molar-refractivity contribution in [2.45, 2.75) is 13.8 Å². The summed E-state index contributed by atoms with van der Waals surface area (Å²) in [5.41, 5.74) is 0.487. The lowest BCUT2D eigenvalue weighted by Gasteiger charge is -2.05. The number of rotatable bonds is 6. The van der Waals surface area contributed by atoms with Gasteiger partial charge < -0.3 is 14.8 Å². The first-order valence-corrected chi connectivity index (χ1v) is 8.10. The monoisotopic (exact) mass is 364 g/mol. The second-order valence-electron chi connectivity index (χ2n) is 4.94. The summed E-state index contributed by atoms with van der Waals surface area (Å²) in [6.07, 6.45) is 0. The van der Waals surface area contributed by atoms with Crippen molar-refractivity contribution in [2.75, 3.05) is 19.0 Å². The third-order valence-electron chi connectivity index (χ3n) is 3.25. The van der Waals surface area contributed by atoms with Crippen LogP contribution >= 0.6 is 11.3 Å². The fourth-order valence-corrected chi connectivity index (χ4v) is 3.06. The summed E-state index contributed by atoms with van der Waals surface area (Å²) in [7, 11) is 1.31. The van der Waals surface area contributed by atoms with Crippen molar-refractivity contribution in [3.8, 4) is 5.75 Å². The first kappa shape index (κ1) is 18.4. The number of benzene rings is 1. The van der Waals surface area contributed by atoms with Gasteiger partial charge in [0.1, 0.15) is 4.88 Å². The van der Waals surface area contributed by atoms with Gasteiger partial charge in [-0.1, -0.05) is 0 Å². The lowest BCUT2D eigenvalue weighted by atomic mass is 10.1. The maximum absolute atomic E-state index is 12.3. The van der Waals surface area contributed by atoms with E-state index in [0.717, 1.165) is 17.4 Å². The van der Waals surface area contributed by atoms with E-state index in [1.807, 2.05) is 0 Å². The zero-order valence-electron chi connectivity index (χ0n) is 13.8. The van der Waals surface area contributed by atoms with Gasteiger partial charge in [0.15, 0.2) is 5.75 Å². The van der Waals surface area contributed by atoms with Gasteiger partial charge in [-0.05, 0) is 37.6 Å². The van der Waals surface area contributed by atoms with E-state index in [1.165, 1.54) is 19.2 Å². The summed E-state index contributed by atoms with van der Waals surface area (Å²) < 4.78 is 9.85. The van der Waals surface area contributed by atoms with Crippen LogP contribution < -0.4 is 10.1 Å². The number of amides is 1. The van der Waals surface area contributed by atoms with Crippen LogP contribution in [0.1, 0.15) is 32.5 Å². The Hall–Kier alpha value is -2.94. The number of thiophene rings is 1. The highest BCUT2D eigenvalue weighted by atomic mass is 32.1. The molecule has 0 aliphatic heterocycles. The third kappa shape index (κ3) is 4.13. The van der Waals surface area contributed by atoms with Gasteiger partial charge in [0.25, 0.3) is 5.91 Å². The van der Waals surface area contributed by atoms with E-state index in [2.05, 4.69) is 5.32 Å². The maximum Gasteiger partial charge on any atom is 0.348 e. The number of nitrogens with one attached hydrogen (secondary N) is 1. The second-order valence-corrected chi connectivity index (χ2v) is 5.99. The summed E-state index contributed by atoms with van der Waals surface area (Å²) in [6, 6.07) is 5.57. The van der Waals surface area contributed by atoms with Gasteiger partial charge in [0, 0.05) is 11.6 Å². The van der Waals surface area contributed by atoms with Crippen LogP contribution in [-0.2, 0) is 4.74 Å². The molecule has 1 aromatic heterocycles. The molecule has 25 heavy (non-hydrogen) atoms. The SMILES string of the molecule is CCOC(=O)c1sc(NC(=O)c2ccc(OC)c([N+](=O)[O-])c2)cc1C. The Labute approximate surface area is 147 Å². The molecule has 0 bridgehead atoms. The molecule has 0 aliphatic rings. The maximum atomic E-state index is 12.3. The molecule has 0 unspecified atom stereocenters. The zero-order chi connectivity index (χ0) is 18.6. The molecule has 2 aromatic rings. The number of aryl methyl sites for hydroxylation is 1. The average molecular weight is 364 g/mol. The van der Waals surface area contributed by atoms with E-state index in [9.17, 15) is 19.7 Å². The van der Waals surface area contributed by atoms with Gasteiger partial charge in [-0.15, -0.1) is 11.3 Å². The van der Waals surface area contributed by atoms with Crippen molar-refractivity contribution < 1.29 is 24.0 Å². The highest BCUT2D eigenvalue weighted by Gasteiger charge is 2.20. The number of methoxy groups -OCH3 is 1. The quantitative estimate of drug-likeness (QED) is 0.478. The normalized spacial score (nSPS) is 10.2. The second kappa shape index (κ2) is 7.75. The molecule has 1 N–H and O–H groups in total. The van der Waals surface area contributed by atoms with Crippen LogP contribution in [0.5, 0.6) is 5.75 Å². The van der Waals surface area contributed by atoms with E-state index in [-0.39, 0.29) is 23.6 Å². The molecule has 0 saturated heterocycles. The Morgan fingerprint density at radius 1 is 1.32 bits per heavy atom. The van der Waals surface area contributed by atoms with E-state index < -0.39 is 16.8 Å². The molecule has 0 aliphatic carbocycles. The van der Waals surface area contributed by atoms with Crippen LogP contribution in [0.2, 0.25) is 0 Å². The zero-order valence-corrected chi connectivity index (χ0v) is 14.6. The lowest BCUT2D eigenvalue weighted by Crippen LogP contribution is -2.11. The van der Waals surface area contributed by atoms with Gasteiger partial charge in [-0.25, -0.2) is 4.79 Å². The lowest BCUT2D eigenvalue weighted by molar-refractivity contribution is -0.385. The number of esters is 1. The molecular formula is C16H16N2O6S. The molecule has 1 heterocycles. The molecule has 132 valence electrons. The van der Waals surface area contributed by atoms with Crippen molar-refractivity contribution in [1.82, 2.24) is 0 Å². The minimum atomic E-state index is -0.621. The van der Waals surface area contributed by atoms with Crippen molar-refractivity contribution in [2.24, 2.45) is 0 Å². The van der Waals surface area contributed by atoms with Gasteiger partial charge in [-0.2, -0.15) is 0 Å². The number of carbonyl (C=O) groups excluding carboxylic acids is 2. The number of anilines is 1. The molecular weight excluding hydrogens is 348 g/mol. The highest BCUT2D eigenvalue weighted by molar-refractivity contribution is 7.18. The fourth-order valence-electron chi connectivity index (χ4n) is 2.10. The molecule has 0 atom stereocenters. The van der Waals surface area contributed by atoms with E-state index in [0.29, 0.717) is 15.4 Å². The first-order valence-electron chi connectivity index (χ1n) is 7.28. The molecule has 0 saturated carbocycles. The summed E-state index contributed by atoms with van der Waals surface area (Å²) in [5, 5.41) is 14.1. The predicted octanol–water partition coefficient (Wildman–Crippen LogP) is 3.40. The minimum absolute atomic E-state index is 0.0677. The number of carbonyl (C=O) groups is 2. The Bertz CT molecular complexity index is 830. The number of nitrogens with zero attached hydrogens (tertiary/aromatic N) is 1. The minimum Gasteiger partial charge on any atom is -0.490 e.